The molecule has 2 heterocycles. The number of ether oxygens (including phenoxy) is 1. The minimum atomic E-state index is -4.84. The highest BCUT2D eigenvalue weighted by atomic mass is 35.5. The molecule has 0 saturated heterocycles. The molecule has 2 rings (SSSR count). The minimum Gasteiger partial charge on any atom is -0.477 e. The molecule has 32 heavy (non-hydrogen) atoms. The van der Waals surface area contributed by atoms with Crippen molar-refractivity contribution in [3.63, 3.8) is 0 Å². The number of thiophene rings is 1. The van der Waals surface area contributed by atoms with E-state index in [4.69, 9.17) is 16.3 Å². The molecular formula is C18H20ClF3N4O5S. The molecule has 0 radical (unpaired) electrons. The van der Waals surface area contributed by atoms with Crippen molar-refractivity contribution in [2.45, 2.75) is 52.1 Å². The van der Waals surface area contributed by atoms with Crippen LogP contribution < -0.4 is 10.6 Å². The molecule has 9 nitrogen and oxygen atoms in total. The highest BCUT2D eigenvalue weighted by Crippen LogP contribution is 2.34. The summed E-state index contributed by atoms with van der Waals surface area (Å²) in [5, 5.41) is 17.4. The number of carbonyl (C=O) groups excluding carboxylic acids is 2. The number of nitrogens with one attached hydrogen (secondary N) is 2. The van der Waals surface area contributed by atoms with Gasteiger partial charge in [0.05, 0.1) is 12.2 Å². The highest BCUT2D eigenvalue weighted by Gasteiger charge is 2.36. The molecule has 0 aromatic carbocycles. The van der Waals surface area contributed by atoms with Crippen LogP contribution in [0.2, 0.25) is 4.34 Å². The van der Waals surface area contributed by atoms with Gasteiger partial charge < -0.3 is 20.5 Å². The molecule has 1 unspecified atom stereocenters. The van der Waals surface area contributed by atoms with Crippen LogP contribution in [-0.2, 0) is 22.3 Å². The van der Waals surface area contributed by atoms with Crippen molar-refractivity contribution < 1.29 is 37.4 Å². The molecule has 0 spiro atoms. The van der Waals surface area contributed by atoms with Gasteiger partial charge in [-0.25, -0.2) is 14.3 Å². The summed E-state index contributed by atoms with van der Waals surface area (Å²) >= 11 is 7.01. The number of halogens is 4. The van der Waals surface area contributed by atoms with Crippen LogP contribution in [0.15, 0.2) is 12.1 Å². The standard InChI is InChI=1S/C18H20ClF3N4O5S/c1-8(24-16(30)31-17(2,3)4)14(27)23-7-9-5-10(13(19)32-9)26-11(15(28)29)6-12(25-26)18(20,21)22/h5-6,8H,7H2,1-4H3,(H,23,27)(H,24,30)(H,28,29). The van der Waals surface area contributed by atoms with Gasteiger partial charge in [-0.2, -0.15) is 18.3 Å². The topological polar surface area (TPSA) is 123 Å². The zero-order valence-electron chi connectivity index (χ0n) is 17.3. The second-order valence-corrected chi connectivity index (χ2v) is 9.33. The van der Waals surface area contributed by atoms with Crippen molar-refractivity contribution in [1.82, 2.24) is 20.4 Å². The lowest BCUT2D eigenvalue weighted by Crippen LogP contribution is -2.46. The number of alkyl carbamates (subject to hydrolysis) is 1. The monoisotopic (exact) mass is 496 g/mol. The Morgan fingerprint density at radius 3 is 2.44 bits per heavy atom. The van der Waals surface area contributed by atoms with Crippen molar-refractivity contribution in [2.24, 2.45) is 0 Å². The lowest BCUT2D eigenvalue weighted by molar-refractivity contribution is -0.141. The predicted molar refractivity (Wildman–Crippen MR) is 109 cm³/mol. The normalized spacial score (nSPS) is 12.9. The first kappa shape index (κ1) is 25.5. The number of amides is 2. The van der Waals surface area contributed by atoms with E-state index in [1.165, 1.54) is 13.0 Å². The Kier molecular flexibility index (Phi) is 7.45. The second-order valence-electron chi connectivity index (χ2n) is 7.59. The molecule has 0 bridgehead atoms. The molecule has 1 atom stereocenters. The molecule has 0 fully saturated rings. The van der Waals surface area contributed by atoms with Crippen molar-refractivity contribution >= 4 is 40.9 Å². The third kappa shape index (κ3) is 6.60. The van der Waals surface area contributed by atoms with Crippen LogP contribution in [0, 0.1) is 0 Å². The summed E-state index contributed by atoms with van der Waals surface area (Å²) < 4.78 is 44.5. The number of hydrogen-bond donors (Lipinski definition) is 3. The first-order chi connectivity index (χ1) is 14.6. The van der Waals surface area contributed by atoms with E-state index in [-0.39, 0.29) is 16.6 Å². The van der Waals surface area contributed by atoms with Gasteiger partial charge in [0.2, 0.25) is 5.91 Å². The first-order valence-electron chi connectivity index (χ1n) is 9.05. The molecule has 14 heteroatoms. The number of nitrogens with zero attached hydrogens (tertiary/aromatic N) is 2. The van der Waals surface area contributed by atoms with Crippen LogP contribution in [0.5, 0.6) is 0 Å². The van der Waals surface area contributed by atoms with Crippen molar-refractivity contribution in [3.05, 3.63) is 32.7 Å². The summed E-state index contributed by atoms with van der Waals surface area (Å²) in [6, 6.07) is 0.791. The molecule has 0 aliphatic rings. The van der Waals surface area contributed by atoms with Crippen LogP contribution in [0.4, 0.5) is 18.0 Å². The van der Waals surface area contributed by atoms with Gasteiger partial charge in [-0.1, -0.05) is 11.6 Å². The summed E-state index contributed by atoms with van der Waals surface area (Å²) in [5.74, 6) is -2.17. The Morgan fingerprint density at radius 2 is 1.91 bits per heavy atom. The zero-order valence-corrected chi connectivity index (χ0v) is 18.9. The number of hydrogen-bond acceptors (Lipinski definition) is 6. The Bertz CT molecular complexity index is 1030. The first-order valence-corrected chi connectivity index (χ1v) is 10.2. The summed E-state index contributed by atoms with van der Waals surface area (Å²) in [5.41, 5.74) is -2.91. The van der Waals surface area contributed by atoms with Gasteiger partial charge in [-0.05, 0) is 33.8 Å². The van der Waals surface area contributed by atoms with E-state index in [0.29, 0.717) is 15.6 Å². The van der Waals surface area contributed by atoms with Gasteiger partial charge in [0.25, 0.3) is 0 Å². The predicted octanol–water partition coefficient (Wildman–Crippen LogP) is 3.83. The van der Waals surface area contributed by atoms with E-state index >= 15 is 0 Å². The van der Waals surface area contributed by atoms with Gasteiger partial charge in [-0.3, -0.25) is 4.79 Å². The van der Waals surface area contributed by atoms with Crippen LogP contribution in [0.3, 0.4) is 0 Å². The van der Waals surface area contributed by atoms with Crippen LogP contribution in [0.25, 0.3) is 5.69 Å². The molecule has 0 aliphatic heterocycles. The van der Waals surface area contributed by atoms with Crippen LogP contribution in [-0.4, -0.2) is 44.5 Å². The Hall–Kier alpha value is -2.80. The number of carboxylic acids is 1. The number of aromatic nitrogens is 2. The summed E-state index contributed by atoms with van der Waals surface area (Å²) in [6.45, 7) is 6.38. The SMILES string of the molecule is CC(NC(=O)OC(C)(C)C)C(=O)NCc1cc(-n2nc(C(F)(F)F)cc2C(=O)O)c(Cl)s1. The van der Waals surface area contributed by atoms with Crippen LogP contribution >= 0.6 is 22.9 Å². The minimum absolute atomic E-state index is 0.0199. The molecule has 176 valence electrons. The zero-order chi connectivity index (χ0) is 24.4. The fourth-order valence-electron chi connectivity index (χ4n) is 2.37. The maximum absolute atomic E-state index is 12.9. The second kappa shape index (κ2) is 9.36. The van der Waals surface area contributed by atoms with E-state index in [9.17, 15) is 32.7 Å². The van der Waals surface area contributed by atoms with Gasteiger partial charge in [0.1, 0.15) is 16.0 Å². The lowest BCUT2D eigenvalue weighted by Gasteiger charge is -2.21. The van der Waals surface area contributed by atoms with Crippen molar-refractivity contribution in [3.8, 4) is 5.69 Å². The van der Waals surface area contributed by atoms with Gasteiger partial charge in [0.15, 0.2) is 11.4 Å². The van der Waals surface area contributed by atoms with Gasteiger partial charge >= 0.3 is 18.2 Å². The number of rotatable bonds is 6. The summed E-state index contributed by atoms with van der Waals surface area (Å²) in [7, 11) is 0. The Balaban J connectivity index is 2.12. The third-order valence-corrected chi connectivity index (χ3v) is 5.07. The number of aromatic carboxylic acids is 1. The molecule has 0 aliphatic carbocycles. The maximum atomic E-state index is 12.9. The average molecular weight is 497 g/mol. The fraction of sp³-hybridized carbons (Fsp3) is 0.444. The highest BCUT2D eigenvalue weighted by molar-refractivity contribution is 7.16. The van der Waals surface area contributed by atoms with E-state index in [1.807, 2.05) is 0 Å². The molecule has 0 saturated carbocycles. The van der Waals surface area contributed by atoms with Gasteiger partial charge in [0, 0.05) is 10.9 Å². The van der Waals surface area contributed by atoms with Crippen molar-refractivity contribution in [2.75, 3.05) is 0 Å². The van der Waals surface area contributed by atoms with Crippen LogP contribution in [0.1, 0.15) is 48.8 Å². The Morgan fingerprint density at radius 1 is 1.28 bits per heavy atom. The summed E-state index contributed by atoms with van der Waals surface area (Å²) in [6.07, 6.45) is -5.62. The number of carbonyl (C=O) groups is 3. The number of carboxylic acid groups (broad SMARTS) is 1. The lowest BCUT2D eigenvalue weighted by atomic mass is 10.2. The smallest absolute Gasteiger partial charge is 0.435 e. The molecular weight excluding hydrogens is 477 g/mol. The average Bonchev–Trinajstić information content (AvgIpc) is 3.21. The van der Waals surface area contributed by atoms with E-state index in [1.54, 1.807) is 20.8 Å². The molecule has 3 N–H and O–H groups in total. The number of alkyl halides is 3. The summed E-state index contributed by atoms with van der Waals surface area (Å²) in [4.78, 5) is 35.7. The Labute approximate surface area is 189 Å². The van der Waals surface area contributed by atoms with E-state index in [2.05, 4.69) is 15.7 Å². The van der Waals surface area contributed by atoms with Crippen molar-refractivity contribution in [1.29, 1.82) is 0 Å². The molecule has 2 amide bonds. The van der Waals surface area contributed by atoms with E-state index < -0.39 is 47.2 Å². The van der Waals surface area contributed by atoms with E-state index in [0.717, 1.165) is 11.3 Å². The van der Waals surface area contributed by atoms with Gasteiger partial charge in [-0.15, -0.1) is 11.3 Å². The fourth-order valence-corrected chi connectivity index (χ4v) is 3.60. The molecule has 2 aromatic rings. The quantitative estimate of drug-likeness (QED) is 0.558. The third-order valence-electron chi connectivity index (χ3n) is 3.73. The largest absolute Gasteiger partial charge is 0.477 e. The maximum Gasteiger partial charge on any atom is 0.435 e. The molecule has 2 aromatic heterocycles.